The van der Waals surface area contributed by atoms with Gasteiger partial charge < -0.3 is 15.2 Å². The van der Waals surface area contributed by atoms with Crippen molar-refractivity contribution in [1.82, 2.24) is 0 Å². The second-order valence-electron chi connectivity index (χ2n) is 5.65. The zero-order valence-corrected chi connectivity index (χ0v) is 14.0. The van der Waals surface area contributed by atoms with Crippen LogP contribution in [-0.2, 0) is 6.61 Å². The van der Waals surface area contributed by atoms with E-state index in [1.54, 1.807) is 18.2 Å². The molecule has 0 amide bonds. The van der Waals surface area contributed by atoms with Crippen LogP contribution in [0.3, 0.4) is 0 Å². The van der Waals surface area contributed by atoms with Crippen molar-refractivity contribution in [3.05, 3.63) is 83.9 Å². The summed E-state index contributed by atoms with van der Waals surface area (Å²) < 4.78 is 5.76. The Kier molecular flexibility index (Phi) is 5.11. The van der Waals surface area contributed by atoms with Gasteiger partial charge in [0.05, 0.1) is 12.6 Å². The first-order valence-corrected chi connectivity index (χ1v) is 8.12. The maximum absolute atomic E-state index is 11.2. The van der Waals surface area contributed by atoms with E-state index in [1.165, 1.54) is 11.3 Å². The van der Waals surface area contributed by atoms with E-state index in [9.17, 15) is 9.90 Å². The van der Waals surface area contributed by atoms with Gasteiger partial charge in [0.2, 0.25) is 0 Å². The number of carbonyl (C=O) groups is 1. The van der Waals surface area contributed by atoms with Gasteiger partial charge in [0.25, 0.3) is 0 Å². The zero-order valence-electron chi connectivity index (χ0n) is 14.0. The summed E-state index contributed by atoms with van der Waals surface area (Å²) in [6.07, 6.45) is 0. The van der Waals surface area contributed by atoms with Crippen LogP contribution in [0.1, 0.15) is 15.9 Å². The minimum Gasteiger partial charge on any atom is -0.489 e. The van der Waals surface area contributed by atoms with E-state index in [1.807, 2.05) is 49.5 Å². The molecule has 4 nitrogen and oxygen atoms in total. The zero-order chi connectivity index (χ0) is 17.6. The number of quaternary nitrogens is 1. The molecule has 0 bridgehead atoms. The maximum Gasteiger partial charge on any atom is 0.336 e. The van der Waals surface area contributed by atoms with Gasteiger partial charge in [-0.15, -0.1) is 0 Å². The number of nitrogens with two attached hydrogens (primary N) is 1. The van der Waals surface area contributed by atoms with Crippen LogP contribution in [-0.4, -0.2) is 18.1 Å². The van der Waals surface area contributed by atoms with E-state index in [2.05, 4.69) is 17.4 Å². The molecule has 0 heterocycles. The third-order valence-corrected chi connectivity index (χ3v) is 4.08. The first-order valence-electron chi connectivity index (χ1n) is 8.12. The van der Waals surface area contributed by atoms with Gasteiger partial charge >= 0.3 is 5.97 Å². The van der Waals surface area contributed by atoms with Gasteiger partial charge in [-0.05, 0) is 35.9 Å². The summed E-state index contributed by atoms with van der Waals surface area (Å²) in [6, 6.07) is 22.9. The first kappa shape index (κ1) is 16.7. The normalized spacial score (nSPS) is 10.4. The Morgan fingerprint density at radius 1 is 0.960 bits per heavy atom. The monoisotopic (exact) mass is 334 g/mol. The van der Waals surface area contributed by atoms with Crippen LogP contribution in [0.25, 0.3) is 11.1 Å². The molecule has 0 aliphatic rings. The average molecular weight is 334 g/mol. The van der Waals surface area contributed by atoms with Crippen molar-refractivity contribution in [1.29, 1.82) is 0 Å². The number of carboxylic acids is 1. The molecular weight excluding hydrogens is 314 g/mol. The number of carboxylic acid groups (broad SMARTS) is 1. The number of ether oxygens (including phenoxy) is 1. The number of hydrogen-bond donors (Lipinski definition) is 2. The van der Waals surface area contributed by atoms with Crippen LogP contribution < -0.4 is 10.1 Å². The predicted octanol–water partition coefficient (Wildman–Crippen LogP) is 3.46. The Hall–Kier alpha value is -3.11. The molecule has 3 aromatic carbocycles. The molecule has 3 N–H and O–H groups in total. The number of aromatic carboxylic acids is 1. The number of rotatable bonds is 6. The molecule has 0 saturated heterocycles. The van der Waals surface area contributed by atoms with Gasteiger partial charge in [0.1, 0.15) is 18.0 Å². The van der Waals surface area contributed by atoms with Crippen molar-refractivity contribution in [2.45, 2.75) is 6.61 Å². The summed E-state index contributed by atoms with van der Waals surface area (Å²) in [5, 5.41) is 11.3. The van der Waals surface area contributed by atoms with E-state index >= 15 is 0 Å². The molecule has 3 aromatic rings. The summed E-state index contributed by atoms with van der Waals surface area (Å²) in [5.41, 5.74) is 4.41. The molecule has 0 aliphatic carbocycles. The minimum atomic E-state index is -0.943. The quantitative estimate of drug-likeness (QED) is 0.679. The Labute approximate surface area is 146 Å². The van der Waals surface area contributed by atoms with Crippen LogP contribution in [0, 0.1) is 0 Å². The molecule has 4 heteroatoms. The third-order valence-electron chi connectivity index (χ3n) is 4.08. The van der Waals surface area contributed by atoms with Crippen molar-refractivity contribution in [2.75, 3.05) is 7.05 Å². The standard InChI is InChI=1S/C21H19NO3/c1-22-20-9-5-4-7-18(20)15-10-12-17(13-11-15)25-14-16-6-2-3-8-19(16)21(23)24/h2-13,22H,14H2,1H3,(H,23,24)/p+1. The molecule has 0 atom stereocenters. The predicted molar refractivity (Wildman–Crippen MR) is 97.1 cm³/mol. The largest absolute Gasteiger partial charge is 0.489 e. The lowest BCUT2D eigenvalue weighted by Gasteiger charge is -2.10. The Morgan fingerprint density at radius 3 is 2.36 bits per heavy atom. The van der Waals surface area contributed by atoms with Gasteiger partial charge in [0, 0.05) is 11.1 Å². The number of benzene rings is 3. The van der Waals surface area contributed by atoms with Crippen molar-refractivity contribution in [2.24, 2.45) is 0 Å². The summed E-state index contributed by atoms with van der Waals surface area (Å²) >= 11 is 0. The van der Waals surface area contributed by atoms with Gasteiger partial charge in [-0.3, -0.25) is 0 Å². The highest BCUT2D eigenvalue weighted by Gasteiger charge is 2.10. The molecule has 0 aromatic heterocycles. The average Bonchev–Trinajstić information content (AvgIpc) is 2.67. The number of para-hydroxylation sites is 1. The maximum atomic E-state index is 11.2. The van der Waals surface area contributed by atoms with Crippen LogP contribution in [0.2, 0.25) is 0 Å². The molecule has 3 rings (SSSR count). The highest BCUT2D eigenvalue weighted by atomic mass is 16.5. The second kappa shape index (κ2) is 7.64. The van der Waals surface area contributed by atoms with Crippen LogP contribution in [0.5, 0.6) is 5.75 Å². The summed E-state index contributed by atoms with van der Waals surface area (Å²) in [5.74, 6) is -0.233. The van der Waals surface area contributed by atoms with E-state index in [0.717, 1.165) is 5.56 Å². The first-order chi connectivity index (χ1) is 12.2. The van der Waals surface area contributed by atoms with Crippen molar-refractivity contribution >= 4 is 11.7 Å². The summed E-state index contributed by atoms with van der Waals surface area (Å²) in [7, 11) is 2.02. The minimum absolute atomic E-state index is 0.223. The van der Waals surface area contributed by atoms with Gasteiger partial charge in [-0.25, -0.2) is 4.79 Å². The lowest BCUT2D eigenvalue weighted by atomic mass is 10.0. The second-order valence-corrected chi connectivity index (χ2v) is 5.65. The highest BCUT2D eigenvalue weighted by molar-refractivity contribution is 5.89. The lowest BCUT2D eigenvalue weighted by molar-refractivity contribution is -0.538. The fourth-order valence-corrected chi connectivity index (χ4v) is 2.76. The topological polar surface area (TPSA) is 63.1 Å². The molecule has 25 heavy (non-hydrogen) atoms. The molecule has 0 spiro atoms. The van der Waals surface area contributed by atoms with Crippen molar-refractivity contribution < 1.29 is 20.0 Å². The Balaban J connectivity index is 1.75. The van der Waals surface area contributed by atoms with Crippen molar-refractivity contribution in [3.8, 4) is 16.9 Å². The van der Waals surface area contributed by atoms with E-state index in [4.69, 9.17) is 4.74 Å². The van der Waals surface area contributed by atoms with Gasteiger partial charge in [-0.2, -0.15) is 0 Å². The molecule has 126 valence electrons. The fraction of sp³-hybridized carbons (Fsp3) is 0.0952. The number of hydrogen-bond acceptors (Lipinski definition) is 2. The molecule has 0 saturated carbocycles. The van der Waals surface area contributed by atoms with Crippen LogP contribution in [0.4, 0.5) is 5.69 Å². The Bertz CT molecular complexity index is 872. The fourth-order valence-electron chi connectivity index (χ4n) is 2.76. The van der Waals surface area contributed by atoms with Gasteiger partial charge in [0.15, 0.2) is 0 Å². The van der Waals surface area contributed by atoms with Crippen LogP contribution >= 0.6 is 0 Å². The molecule has 0 fully saturated rings. The smallest absolute Gasteiger partial charge is 0.336 e. The lowest BCUT2D eigenvalue weighted by Crippen LogP contribution is -2.72. The molecule has 0 unspecified atom stereocenters. The highest BCUT2D eigenvalue weighted by Crippen LogP contribution is 2.27. The molecular formula is C21H20NO3+. The van der Waals surface area contributed by atoms with E-state index in [0.29, 0.717) is 11.3 Å². The third kappa shape index (κ3) is 3.87. The summed E-state index contributed by atoms with van der Waals surface area (Å²) in [4.78, 5) is 11.2. The van der Waals surface area contributed by atoms with E-state index < -0.39 is 5.97 Å². The summed E-state index contributed by atoms with van der Waals surface area (Å²) in [6.45, 7) is 0.223. The molecule has 0 radical (unpaired) electrons. The molecule has 0 aliphatic heterocycles. The van der Waals surface area contributed by atoms with Gasteiger partial charge in [-0.1, -0.05) is 42.5 Å². The Morgan fingerprint density at radius 2 is 1.64 bits per heavy atom. The van der Waals surface area contributed by atoms with Crippen molar-refractivity contribution in [3.63, 3.8) is 0 Å². The van der Waals surface area contributed by atoms with E-state index in [-0.39, 0.29) is 12.2 Å². The van der Waals surface area contributed by atoms with Crippen LogP contribution in [0.15, 0.2) is 72.8 Å². The SMILES string of the molecule is C[NH2+]c1ccccc1-c1ccc(OCc2ccccc2C(=O)O)cc1.